The number of urea groups is 1. The summed E-state index contributed by atoms with van der Waals surface area (Å²) >= 11 is 0. The first-order valence-corrected chi connectivity index (χ1v) is 7.51. The van der Waals surface area contributed by atoms with Crippen LogP contribution in [0.2, 0.25) is 0 Å². The van der Waals surface area contributed by atoms with Gasteiger partial charge in [-0.05, 0) is 36.2 Å². The van der Waals surface area contributed by atoms with Crippen LogP contribution in [-0.2, 0) is 6.42 Å². The number of amides is 2. The average molecular weight is 334 g/mol. The highest BCUT2D eigenvalue weighted by atomic mass is 19.1. The number of nitrogens with one attached hydrogen (secondary N) is 2. The molecule has 126 valence electrons. The number of carbonyl (C=O) groups excluding carboxylic acids is 1. The lowest BCUT2D eigenvalue weighted by atomic mass is 10.1. The molecule has 24 heavy (non-hydrogen) atoms. The average Bonchev–Trinajstić information content (AvgIpc) is 2.58. The molecule has 0 spiro atoms. The third kappa shape index (κ3) is 3.73. The zero-order valence-corrected chi connectivity index (χ0v) is 12.8. The lowest BCUT2D eigenvalue weighted by Gasteiger charge is -2.18. The Labute approximate surface area is 137 Å². The number of para-hydroxylation sites is 1. The zero-order valence-electron chi connectivity index (χ0n) is 12.8. The van der Waals surface area contributed by atoms with Crippen molar-refractivity contribution in [2.45, 2.75) is 6.42 Å². The summed E-state index contributed by atoms with van der Waals surface area (Å²) in [5.74, 6) is -0.267. The Kier molecular flexibility index (Phi) is 4.79. The van der Waals surface area contributed by atoms with Gasteiger partial charge in [-0.15, -0.1) is 0 Å². The van der Waals surface area contributed by atoms with Crippen molar-refractivity contribution < 1.29 is 23.0 Å². The number of halogens is 2. The summed E-state index contributed by atoms with van der Waals surface area (Å²) < 4.78 is 37.8. The maximum atomic E-state index is 13.4. The van der Waals surface area contributed by atoms with E-state index in [1.807, 2.05) is 18.2 Å². The number of hydrogen-bond acceptors (Lipinski definition) is 3. The van der Waals surface area contributed by atoms with E-state index in [0.717, 1.165) is 17.7 Å². The molecular weight excluding hydrogens is 318 g/mol. The van der Waals surface area contributed by atoms with Crippen LogP contribution in [0.25, 0.3) is 0 Å². The lowest BCUT2D eigenvalue weighted by Crippen LogP contribution is -2.31. The van der Waals surface area contributed by atoms with Gasteiger partial charge < -0.3 is 20.1 Å². The van der Waals surface area contributed by atoms with E-state index in [1.54, 1.807) is 0 Å². The topological polar surface area (TPSA) is 59.6 Å². The zero-order chi connectivity index (χ0) is 16.9. The van der Waals surface area contributed by atoms with Crippen LogP contribution in [0.1, 0.15) is 5.56 Å². The highest BCUT2D eigenvalue weighted by Gasteiger charge is 2.13. The number of rotatable bonds is 4. The standard InChI is InChI=1S/C17H16F2N2O3/c18-12-2-1-3-13(19)16(12)21-17(22)20-7-6-11-4-5-14-15(10-11)24-9-8-23-14/h1-5,10H,6-9H2,(H2,20,21,22). The molecule has 0 unspecified atom stereocenters. The largest absolute Gasteiger partial charge is 0.486 e. The van der Waals surface area contributed by atoms with E-state index >= 15 is 0 Å². The third-order valence-corrected chi connectivity index (χ3v) is 3.51. The molecular formula is C17H16F2N2O3. The van der Waals surface area contributed by atoms with Gasteiger partial charge in [0.25, 0.3) is 0 Å². The van der Waals surface area contributed by atoms with Gasteiger partial charge in [-0.1, -0.05) is 12.1 Å². The van der Waals surface area contributed by atoms with Gasteiger partial charge in [0, 0.05) is 6.54 Å². The summed E-state index contributed by atoms with van der Waals surface area (Å²) in [5, 5.41) is 4.73. The van der Waals surface area contributed by atoms with E-state index < -0.39 is 23.4 Å². The van der Waals surface area contributed by atoms with Gasteiger partial charge >= 0.3 is 6.03 Å². The van der Waals surface area contributed by atoms with E-state index in [0.29, 0.717) is 37.7 Å². The molecule has 1 heterocycles. The van der Waals surface area contributed by atoms with Crippen LogP contribution in [0, 0.1) is 11.6 Å². The third-order valence-electron chi connectivity index (χ3n) is 3.51. The summed E-state index contributed by atoms with van der Waals surface area (Å²) in [7, 11) is 0. The van der Waals surface area contributed by atoms with Crippen LogP contribution in [0.3, 0.4) is 0 Å². The molecule has 1 aliphatic heterocycles. The summed E-state index contributed by atoms with van der Waals surface area (Å²) in [6, 6.07) is 8.26. The van der Waals surface area contributed by atoms with Crippen molar-refractivity contribution in [1.82, 2.24) is 5.32 Å². The SMILES string of the molecule is O=C(NCCc1ccc2c(c1)OCCO2)Nc1c(F)cccc1F. The fourth-order valence-electron chi connectivity index (χ4n) is 2.34. The second-order valence-corrected chi connectivity index (χ2v) is 5.21. The van der Waals surface area contributed by atoms with E-state index in [9.17, 15) is 13.6 Å². The highest BCUT2D eigenvalue weighted by molar-refractivity contribution is 5.89. The Morgan fingerprint density at radius 2 is 1.75 bits per heavy atom. The van der Waals surface area contributed by atoms with Gasteiger partial charge in [-0.2, -0.15) is 0 Å². The Balaban J connectivity index is 1.52. The predicted molar refractivity (Wildman–Crippen MR) is 84.5 cm³/mol. The minimum Gasteiger partial charge on any atom is -0.486 e. The number of hydrogen-bond donors (Lipinski definition) is 2. The molecule has 0 atom stereocenters. The monoisotopic (exact) mass is 334 g/mol. The first-order valence-electron chi connectivity index (χ1n) is 7.51. The first kappa shape index (κ1) is 16.0. The van der Waals surface area contributed by atoms with Crippen molar-refractivity contribution in [2.24, 2.45) is 0 Å². The highest BCUT2D eigenvalue weighted by Crippen LogP contribution is 2.30. The van der Waals surface area contributed by atoms with Gasteiger partial charge in [0.05, 0.1) is 0 Å². The first-order chi connectivity index (χ1) is 11.6. The van der Waals surface area contributed by atoms with Crippen molar-refractivity contribution in [3.05, 3.63) is 53.6 Å². The molecule has 2 aromatic carbocycles. The lowest BCUT2D eigenvalue weighted by molar-refractivity contribution is 0.171. The predicted octanol–water partition coefficient (Wildman–Crippen LogP) is 3.10. The summed E-state index contributed by atoms with van der Waals surface area (Å²) in [6.07, 6.45) is 0.545. The molecule has 3 rings (SSSR count). The molecule has 0 saturated heterocycles. The quantitative estimate of drug-likeness (QED) is 0.903. The second kappa shape index (κ2) is 7.16. The molecule has 2 N–H and O–H groups in total. The minimum atomic E-state index is -0.822. The maximum Gasteiger partial charge on any atom is 0.319 e. The molecule has 0 fully saturated rings. The van der Waals surface area contributed by atoms with Crippen LogP contribution in [0.5, 0.6) is 11.5 Å². The molecule has 0 saturated carbocycles. The Bertz CT molecular complexity index is 732. The molecule has 0 aromatic heterocycles. The van der Waals surface area contributed by atoms with Gasteiger partial charge in [-0.25, -0.2) is 13.6 Å². The molecule has 5 nitrogen and oxygen atoms in total. The van der Waals surface area contributed by atoms with Crippen LogP contribution in [0.15, 0.2) is 36.4 Å². The molecule has 1 aliphatic rings. The molecule has 0 bridgehead atoms. The van der Waals surface area contributed by atoms with E-state index in [4.69, 9.17) is 9.47 Å². The number of carbonyl (C=O) groups is 1. The van der Waals surface area contributed by atoms with Gasteiger partial charge in [0.2, 0.25) is 0 Å². The fraction of sp³-hybridized carbons (Fsp3) is 0.235. The van der Waals surface area contributed by atoms with Crippen molar-refractivity contribution in [1.29, 1.82) is 0 Å². The Morgan fingerprint density at radius 3 is 2.50 bits per heavy atom. The Morgan fingerprint density at radius 1 is 1.04 bits per heavy atom. The second-order valence-electron chi connectivity index (χ2n) is 5.21. The molecule has 0 radical (unpaired) electrons. The van der Waals surface area contributed by atoms with Crippen LogP contribution >= 0.6 is 0 Å². The number of fused-ring (bicyclic) bond motifs is 1. The normalized spacial score (nSPS) is 12.6. The molecule has 2 amide bonds. The van der Waals surface area contributed by atoms with Crippen LogP contribution in [-0.4, -0.2) is 25.8 Å². The number of benzene rings is 2. The smallest absolute Gasteiger partial charge is 0.319 e. The van der Waals surface area contributed by atoms with Crippen LogP contribution in [0.4, 0.5) is 19.3 Å². The van der Waals surface area contributed by atoms with Gasteiger partial charge in [0.15, 0.2) is 11.5 Å². The van der Waals surface area contributed by atoms with Crippen molar-refractivity contribution in [2.75, 3.05) is 25.1 Å². The fourth-order valence-corrected chi connectivity index (χ4v) is 2.34. The number of ether oxygens (including phenoxy) is 2. The summed E-state index contributed by atoms with van der Waals surface area (Å²) in [4.78, 5) is 11.7. The molecule has 0 aliphatic carbocycles. The van der Waals surface area contributed by atoms with E-state index in [1.165, 1.54) is 6.07 Å². The van der Waals surface area contributed by atoms with E-state index in [2.05, 4.69) is 10.6 Å². The molecule has 7 heteroatoms. The Hall–Kier alpha value is -2.83. The van der Waals surface area contributed by atoms with Gasteiger partial charge in [0.1, 0.15) is 30.5 Å². The number of anilines is 1. The van der Waals surface area contributed by atoms with Crippen molar-refractivity contribution in [3.63, 3.8) is 0 Å². The van der Waals surface area contributed by atoms with E-state index in [-0.39, 0.29) is 0 Å². The summed E-state index contributed by atoms with van der Waals surface area (Å²) in [5.41, 5.74) is 0.492. The maximum absolute atomic E-state index is 13.4. The van der Waals surface area contributed by atoms with Crippen LogP contribution < -0.4 is 20.1 Å². The summed E-state index contributed by atoms with van der Waals surface area (Å²) in [6.45, 7) is 1.34. The van der Waals surface area contributed by atoms with Crippen molar-refractivity contribution in [3.8, 4) is 11.5 Å². The van der Waals surface area contributed by atoms with Crippen molar-refractivity contribution >= 4 is 11.7 Å². The van der Waals surface area contributed by atoms with Gasteiger partial charge in [-0.3, -0.25) is 0 Å². The molecule has 2 aromatic rings. The minimum absolute atomic E-state index is 0.307.